The lowest BCUT2D eigenvalue weighted by Crippen LogP contribution is -2.50. The summed E-state index contributed by atoms with van der Waals surface area (Å²) in [6.07, 6.45) is 2.08. The van der Waals surface area contributed by atoms with Gasteiger partial charge in [-0.15, -0.1) is 0 Å². The lowest BCUT2D eigenvalue weighted by atomic mass is 9.86. The number of para-hydroxylation sites is 1. The van der Waals surface area contributed by atoms with E-state index in [9.17, 15) is 14.7 Å². The summed E-state index contributed by atoms with van der Waals surface area (Å²) >= 11 is 0. The van der Waals surface area contributed by atoms with Crippen LogP contribution in [0.15, 0.2) is 35.1 Å². The number of aromatic nitrogens is 2. The molecule has 1 fully saturated rings. The van der Waals surface area contributed by atoms with Gasteiger partial charge in [-0.05, 0) is 37.1 Å². The normalized spacial score (nSPS) is 23.4. The van der Waals surface area contributed by atoms with Crippen LogP contribution in [0.25, 0.3) is 22.3 Å². The van der Waals surface area contributed by atoms with E-state index in [-0.39, 0.29) is 24.2 Å². The molecule has 0 saturated carbocycles. The van der Waals surface area contributed by atoms with Crippen molar-refractivity contribution in [2.45, 2.75) is 51.5 Å². The van der Waals surface area contributed by atoms with Crippen LogP contribution in [0.5, 0.6) is 0 Å². The Bertz CT molecular complexity index is 1460. The van der Waals surface area contributed by atoms with E-state index in [1.807, 2.05) is 44.3 Å². The van der Waals surface area contributed by atoms with Gasteiger partial charge in [0.05, 0.1) is 34.6 Å². The number of rotatable bonds is 2. The third kappa shape index (κ3) is 2.73. The number of esters is 1. The average molecular weight is 446 g/mol. The van der Waals surface area contributed by atoms with Crippen LogP contribution in [0.1, 0.15) is 49.4 Å². The van der Waals surface area contributed by atoms with Gasteiger partial charge in [-0.1, -0.05) is 25.1 Å². The highest BCUT2D eigenvalue weighted by atomic mass is 16.7. The number of carbonyl (C=O) groups excluding carboxylic acids is 1. The van der Waals surface area contributed by atoms with Crippen molar-refractivity contribution < 1.29 is 24.2 Å². The zero-order chi connectivity index (χ0) is 23.1. The second kappa shape index (κ2) is 6.51. The number of nitrogens with zero attached hydrogens (tertiary/aromatic N) is 3. The number of ether oxygens (including phenoxy) is 1. The van der Waals surface area contributed by atoms with E-state index < -0.39 is 11.6 Å². The molecular weight excluding hydrogens is 422 g/mol. The smallest absolute Gasteiger partial charge is 0.343 e. The van der Waals surface area contributed by atoms with Gasteiger partial charge in [-0.2, -0.15) is 0 Å². The molecule has 168 valence electrons. The SMILES string of the molecule is CC[C@@]1(O)C(=O)OCc2c1cc1n(c2=O)Cc2c-1nc1ccccc1c2/C=[N+]1\CC(C)(C)O1. The molecule has 3 aliphatic heterocycles. The van der Waals surface area contributed by atoms with Gasteiger partial charge in [-0.3, -0.25) is 9.63 Å². The first-order valence-electron chi connectivity index (χ1n) is 11.1. The van der Waals surface area contributed by atoms with Gasteiger partial charge in [0.25, 0.3) is 5.56 Å². The molecule has 1 N–H and O–H groups in total. The van der Waals surface area contributed by atoms with E-state index >= 15 is 0 Å². The fourth-order valence-electron chi connectivity index (χ4n) is 5.11. The lowest BCUT2D eigenvalue weighted by molar-refractivity contribution is -0.883. The molecule has 8 nitrogen and oxygen atoms in total. The largest absolute Gasteiger partial charge is 0.458 e. The molecule has 0 unspecified atom stereocenters. The molecule has 33 heavy (non-hydrogen) atoms. The number of fused-ring (bicyclic) bond motifs is 5. The first-order chi connectivity index (χ1) is 15.7. The zero-order valence-electron chi connectivity index (χ0n) is 18.7. The van der Waals surface area contributed by atoms with E-state index in [0.717, 1.165) is 28.6 Å². The van der Waals surface area contributed by atoms with E-state index in [1.54, 1.807) is 22.3 Å². The Balaban J connectivity index is 1.61. The molecule has 3 aromatic rings. The highest BCUT2D eigenvalue weighted by Gasteiger charge is 2.46. The molecular formula is C25H24N3O5+. The monoisotopic (exact) mass is 446 g/mol. The second-order valence-corrected chi connectivity index (χ2v) is 9.53. The van der Waals surface area contributed by atoms with Crippen molar-refractivity contribution >= 4 is 23.1 Å². The fourth-order valence-corrected chi connectivity index (χ4v) is 5.11. The lowest BCUT2D eigenvalue weighted by Gasteiger charge is -2.31. The van der Waals surface area contributed by atoms with Crippen molar-refractivity contribution in [1.82, 2.24) is 9.55 Å². The van der Waals surface area contributed by atoms with Crippen LogP contribution in [0.2, 0.25) is 0 Å². The summed E-state index contributed by atoms with van der Waals surface area (Å²) in [5.74, 6) is -0.724. The molecule has 1 aromatic carbocycles. The number of cyclic esters (lactones) is 1. The van der Waals surface area contributed by atoms with Gasteiger partial charge in [0.2, 0.25) is 18.4 Å². The Morgan fingerprint density at radius 3 is 2.73 bits per heavy atom. The third-order valence-corrected chi connectivity index (χ3v) is 6.81. The van der Waals surface area contributed by atoms with Crippen LogP contribution in [0.4, 0.5) is 0 Å². The van der Waals surface area contributed by atoms with E-state index in [2.05, 4.69) is 0 Å². The minimum atomic E-state index is -1.84. The molecule has 5 heterocycles. The Labute approximate surface area is 189 Å². The van der Waals surface area contributed by atoms with Crippen LogP contribution in [0, 0.1) is 0 Å². The van der Waals surface area contributed by atoms with Crippen LogP contribution in [-0.4, -0.2) is 43.7 Å². The first-order valence-corrected chi connectivity index (χ1v) is 11.1. The third-order valence-electron chi connectivity index (χ3n) is 6.81. The summed E-state index contributed by atoms with van der Waals surface area (Å²) in [5, 5.41) is 12.0. The predicted molar refractivity (Wildman–Crippen MR) is 120 cm³/mol. The maximum absolute atomic E-state index is 13.5. The second-order valence-electron chi connectivity index (χ2n) is 9.53. The summed E-state index contributed by atoms with van der Waals surface area (Å²) in [6, 6.07) is 9.58. The number of hydrogen-bond donors (Lipinski definition) is 1. The zero-order valence-corrected chi connectivity index (χ0v) is 18.7. The van der Waals surface area contributed by atoms with Crippen molar-refractivity contribution in [3.63, 3.8) is 0 Å². The first kappa shape index (κ1) is 20.1. The highest BCUT2D eigenvalue weighted by molar-refractivity contribution is 6.01. The van der Waals surface area contributed by atoms with Gasteiger partial charge in [0, 0.05) is 16.5 Å². The summed E-state index contributed by atoms with van der Waals surface area (Å²) < 4.78 is 8.62. The minimum Gasteiger partial charge on any atom is -0.458 e. The Morgan fingerprint density at radius 1 is 1.24 bits per heavy atom. The van der Waals surface area contributed by atoms with Crippen molar-refractivity contribution in [2.75, 3.05) is 6.54 Å². The van der Waals surface area contributed by atoms with Crippen molar-refractivity contribution in [1.29, 1.82) is 0 Å². The fraction of sp³-hybridized carbons (Fsp3) is 0.360. The molecule has 8 heteroatoms. The number of pyridine rings is 2. The number of carbonyl (C=O) groups is 1. The van der Waals surface area contributed by atoms with Gasteiger partial charge in [0.15, 0.2) is 5.60 Å². The molecule has 6 rings (SSSR count). The number of benzene rings is 1. The van der Waals surface area contributed by atoms with Crippen LogP contribution < -0.4 is 5.56 Å². The molecule has 3 aliphatic rings. The molecule has 1 atom stereocenters. The van der Waals surface area contributed by atoms with Gasteiger partial charge in [-0.25, -0.2) is 9.78 Å². The van der Waals surface area contributed by atoms with Crippen LogP contribution >= 0.6 is 0 Å². The Hall–Kier alpha value is -3.52. The Kier molecular flexibility index (Phi) is 3.97. The summed E-state index contributed by atoms with van der Waals surface area (Å²) in [6.45, 7) is 6.72. The number of hydrogen-bond acceptors (Lipinski definition) is 6. The number of aliphatic hydroxyl groups is 1. The maximum Gasteiger partial charge on any atom is 0.343 e. The van der Waals surface area contributed by atoms with Gasteiger partial charge < -0.3 is 14.4 Å². The predicted octanol–water partition coefficient (Wildman–Crippen LogP) is 2.23. The molecule has 0 spiro atoms. The van der Waals surface area contributed by atoms with Crippen LogP contribution in [-0.2, 0) is 33.1 Å². The molecule has 0 bridgehead atoms. The highest BCUT2D eigenvalue weighted by Crippen LogP contribution is 2.40. The molecule has 2 aromatic heterocycles. The summed E-state index contributed by atoms with van der Waals surface area (Å²) in [5.41, 5.74) is 2.25. The van der Waals surface area contributed by atoms with E-state index in [1.165, 1.54) is 0 Å². The molecule has 1 saturated heterocycles. The maximum atomic E-state index is 13.5. The summed E-state index contributed by atoms with van der Waals surface area (Å²) in [7, 11) is 0. The van der Waals surface area contributed by atoms with Crippen molar-refractivity contribution in [2.24, 2.45) is 0 Å². The number of hydroxylamine groups is 1. The standard InChI is InChI=1S/C25H24N3O5/c1-4-25(31)18-9-20-21-16(11-28(20)22(29)17(18)12-32-23(25)30)15(10-27-13-24(2,3)33-27)14-7-5-6-8-19(14)26-21/h5-10,31H,4,11-13H2,1-3H3/q+1/b27-10+/t25-/m0/s1. The minimum absolute atomic E-state index is 0.112. The van der Waals surface area contributed by atoms with Gasteiger partial charge in [0.1, 0.15) is 6.61 Å². The van der Waals surface area contributed by atoms with E-state index in [0.29, 0.717) is 29.1 Å². The quantitative estimate of drug-likeness (QED) is 0.375. The molecule has 0 radical (unpaired) electrons. The molecule has 0 amide bonds. The van der Waals surface area contributed by atoms with Crippen LogP contribution in [0.3, 0.4) is 0 Å². The van der Waals surface area contributed by atoms with Gasteiger partial charge >= 0.3 is 5.97 Å². The van der Waals surface area contributed by atoms with E-state index in [4.69, 9.17) is 14.6 Å². The average Bonchev–Trinajstić information content (AvgIpc) is 3.14. The Morgan fingerprint density at radius 2 is 2.00 bits per heavy atom. The molecule has 0 aliphatic carbocycles. The van der Waals surface area contributed by atoms with Crippen molar-refractivity contribution in [3.8, 4) is 11.4 Å². The van der Waals surface area contributed by atoms with Crippen molar-refractivity contribution in [3.05, 3.63) is 62.9 Å². The summed E-state index contributed by atoms with van der Waals surface area (Å²) in [4.78, 5) is 36.6. The topological polar surface area (TPSA) is 93.7 Å².